The molecule has 6 heteroatoms. The zero-order valence-electron chi connectivity index (χ0n) is 14.8. The van der Waals surface area contributed by atoms with E-state index in [0.29, 0.717) is 12.3 Å². The van der Waals surface area contributed by atoms with Gasteiger partial charge in [-0.15, -0.1) is 0 Å². The molecule has 2 rings (SSSR count). The number of ether oxygens (including phenoxy) is 1. The molecular weight excluding hydrogens is 337 g/mol. The molecule has 1 unspecified atom stereocenters. The van der Waals surface area contributed by atoms with Gasteiger partial charge in [0.25, 0.3) is 0 Å². The third kappa shape index (κ3) is 5.97. The molecule has 26 heavy (non-hydrogen) atoms. The Labute approximate surface area is 152 Å². The normalized spacial score (nSPS) is 12.7. The van der Waals surface area contributed by atoms with Gasteiger partial charge in [0.1, 0.15) is 12.4 Å². The van der Waals surface area contributed by atoms with Crippen LogP contribution in [-0.2, 0) is 27.4 Å². The largest absolute Gasteiger partial charge is 0.479 e. The molecule has 0 bridgehead atoms. The number of benzene rings is 2. The highest BCUT2D eigenvalue weighted by molar-refractivity contribution is 5.98. The Balaban J connectivity index is 2.00. The minimum Gasteiger partial charge on any atom is -0.479 e. The zero-order valence-corrected chi connectivity index (χ0v) is 14.8. The van der Waals surface area contributed by atoms with Gasteiger partial charge in [-0.1, -0.05) is 35.5 Å². The van der Waals surface area contributed by atoms with Gasteiger partial charge in [-0.2, -0.15) is 0 Å². The topological polar surface area (TPSA) is 68.1 Å². The van der Waals surface area contributed by atoms with Gasteiger partial charge >= 0.3 is 5.97 Å². The summed E-state index contributed by atoms with van der Waals surface area (Å²) in [6.45, 7) is 4.15. The Bertz CT molecular complexity index is 759. The van der Waals surface area contributed by atoms with Crippen molar-refractivity contribution in [2.24, 2.45) is 5.16 Å². The molecule has 0 saturated carbocycles. The SMILES string of the molecule is CCOC(Cc1cccc(/C(C)=N/OCc2ccc(F)cc2)c1)C(=O)O. The lowest BCUT2D eigenvalue weighted by atomic mass is 10.0. The monoisotopic (exact) mass is 359 g/mol. The van der Waals surface area contributed by atoms with Crippen molar-refractivity contribution < 1.29 is 23.9 Å². The first kappa shape index (κ1) is 19.6. The van der Waals surface area contributed by atoms with Crippen molar-refractivity contribution in [3.05, 3.63) is 71.0 Å². The molecule has 0 aromatic heterocycles. The molecule has 0 fully saturated rings. The fourth-order valence-corrected chi connectivity index (χ4v) is 2.39. The third-order valence-electron chi connectivity index (χ3n) is 3.76. The number of hydrogen-bond donors (Lipinski definition) is 1. The quantitative estimate of drug-likeness (QED) is 0.546. The van der Waals surface area contributed by atoms with Gasteiger partial charge in [0.15, 0.2) is 6.10 Å². The van der Waals surface area contributed by atoms with E-state index in [2.05, 4.69) is 5.16 Å². The average molecular weight is 359 g/mol. The van der Waals surface area contributed by atoms with Crippen molar-refractivity contribution in [1.29, 1.82) is 0 Å². The number of hydrogen-bond acceptors (Lipinski definition) is 4. The molecule has 1 atom stereocenters. The predicted molar refractivity (Wildman–Crippen MR) is 96.6 cm³/mol. The summed E-state index contributed by atoms with van der Waals surface area (Å²) in [7, 11) is 0. The fraction of sp³-hybridized carbons (Fsp3) is 0.300. The first-order chi connectivity index (χ1) is 12.5. The van der Waals surface area contributed by atoms with Crippen molar-refractivity contribution in [1.82, 2.24) is 0 Å². The van der Waals surface area contributed by atoms with Gasteiger partial charge in [-0.05, 0) is 48.7 Å². The Morgan fingerprint density at radius 2 is 1.92 bits per heavy atom. The second kappa shape index (κ2) is 9.68. The summed E-state index contributed by atoms with van der Waals surface area (Å²) in [4.78, 5) is 16.5. The molecule has 0 spiro atoms. The molecule has 0 aliphatic heterocycles. The van der Waals surface area contributed by atoms with Crippen LogP contribution in [0.15, 0.2) is 53.7 Å². The molecule has 0 aliphatic rings. The van der Waals surface area contributed by atoms with Crippen LogP contribution >= 0.6 is 0 Å². The minimum absolute atomic E-state index is 0.239. The molecule has 2 aromatic rings. The van der Waals surface area contributed by atoms with Crippen molar-refractivity contribution >= 4 is 11.7 Å². The highest BCUT2D eigenvalue weighted by atomic mass is 19.1. The Morgan fingerprint density at radius 3 is 2.58 bits per heavy atom. The van der Waals surface area contributed by atoms with Crippen LogP contribution in [0.25, 0.3) is 0 Å². The highest BCUT2D eigenvalue weighted by Gasteiger charge is 2.18. The van der Waals surface area contributed by atoms with Crippen LogP contribution in [0.3, 0.4) is 0 Å². The Hall–Kier alpha value is -2.73. The molecule has 0 saturated heterocycles. The van der Waals surface area contributed by atoms with Crippen LogP contribution in [0.1, 0.15) is 30.5 Å². The maximum absolute atomic E-state index is 12.9. The first-order valence-corrected chi connectivity index (χ1v) is 8.34. The average Bonchev–Trinajstić information content (AvgIpc) is 2.63. The number of rotatable bonds is 9. The second-order valence-corrected chi connectivity index (χ2v) is 5.76. The summed E-state index contributed by atoms with van der Waals surface area (Å²) in [6.07, 6.45) is -0.594. The summed E-state index contributed by atoms with van der Waals surface area (Å²) in [5, 5.41) is 13.3. The van der Waals surface area contributed by atoms with E-state index in [1.165, 1.54) is 12.1 Å². The number of nitrogens with zero attached hydrogens (tertiary/aromatic N) is 1. The number of oxime groups is 1. The molecule has 2 aromatic carbocycles. The Morgan fingerprint density at radius 1 is 1.19 bits per heavy atom. The fourth-order valence-electron chi connectivity index (χ4n) is 2.39. The Kier molecular flexibility index (Phi) is 7.29. The zero-order chi connectivity index (χ0) is 18.9. The molecule has 0 amide bonds. The molecular formula is C20H22FNO4. The van der Waals surface area contributed by atoms with Crippen LogP contribution in [0.5, 0.6) is 0 Å². The van der Waals surface area contributed by atoms with E-state index >= 15 is 0 Å². The van der Waals surface area contributed by atoms with Crippen LogP contribution in [0, 0.1) is 5.82 Å². The van der Waals surface area contributed by atoms with Gasteiger partial charge in [-0.3, -0.25) is 0 Å². The predicted octanol–water partition coefficient (Wildman–Crippen LogP) is 3.80. The van der Waals surface area contributed by atoms with E-state index in [4.69, 9.17) is 9.57 Å². The maximum Gasteiger partial charge on any atom is 0.333 e. The minimum atomic E-state index is -0.981. The van der Waals surface area contributed by atoms with Gasteiger partial charge in [-0.25, -0.2) is 9.18 Å². The molecule has 5 nitrogen and oxygen atoms in total. The van der Waals surface area contributed by atoms with E-state index in [1.54, 1.807) is 26.0 Å². The first-order valence-electron chi connectivity index (χ1n) is 8.34. The number of halogens is 1. The number of carboxylic acid groups (broad SMARTS) is 1. The van der Waals surface area contributed by atoms with E-state index in [-0.39, 0.29) is 18.8 Å². The second-order valence-electron chi connectivity index (χ2n) is 5.76. The number of carbonyl (C=O) groups is 1. The van der Waals surface area contributed by atoms with Gasteiger partial charge < -0.3 is 14.7 Å². The van der Waals surface area contributed by atoms with Crippen LogP contribution in [0.4, 0.5) is 4.39 Å². The standard InChI is InChI=1S/C20H22FNO4/c1-3-25-19(20(23)24)12-16-5-4-6-17(11-16)14(2)22-26-13-15-7-9-18(21)10-8-15/h4-11,19H,3,12-13H2,1-2H3,(H,23,24)/b22-14+. The van der Waals surface area contributed by atoms with Crippen LogP contribution in [0.2, 0.25) is 0 Å². The van der Waals surface area contributed by atoms with Crippen LogP contribution in [-0.4, -0.2) is 29.5 Å². The van der Waals surface area contributed by atoms with Crippen LogP contribution < -0.4 is 0 Å². The highest BCUT2D eigenvalue weighted by Crippen LogP contribution is 2.12. The molecule has 0 aliphatic carbocycles. The lowest BCUT2D eigenvalue weighted by Gasteiger charge is -2.13. The lowest BCUT2D eigenvalue weighted by Crippen LogP contribution is -2.26. The smallest absolute Gasteiger partial charge is 0.333 e. The maximum atomic E-state index is 12.9. The summed E-state index contributed by atoms with van der Waals surface area (Å²) in [5.41, 5.74) is 3.16. The summed E-state index contributed by atoms with van der Waals surface area (Å²) >= 11 is 0. The van der Waals surface area contributed by atoms with Crippen molar-refractivity contribution in [3.8, 4) is 0 Å². The molecule has 0 radical (unpaired) electrons. The number of aliphatic carboxylic acids is 1. The summed E-state index contributed by atoms with van der Waals surface area (Å²) in [5.74, 6) is -1.28. The molecule has 1 N–H and O–H groups in total. The third-order valence-corrected chi connectivity index (χ3v) is 3.76. The number of carboxylic acids is 1. The van der Waals surface area contributed by atoms with E-state index in [9.17, 15) is 14.3 Å². The van der Waals surface area contributed by atoms with E-state index in [0.717, 1.165) is 16.7 Å². The summed E-state index contributed by atoms with van der Waals surface area (Å²) in [6, 6.07) is 13.5. The van der Waals surface area contributed by atoms with Crippen molar-refractivity contribution in [2.45, 2.75) is 33.0 Å². The van der Waals surface area contributed by atoms with Gasteiger partial charge in [0, 0.05) is 13.0 Å². The van der Waals surface area contributed by atoms with Crippen molar-refractivity contribution in [2.75, 3.05) is 6.61 Å². The van der Waals surface area contributed by atoms with E-state index < -0.39 is 12.1 Å². The van der Waals surface area contributed by atoms with E-state index in [1.807, 2.05) is 24.3 Å². The van der Waals surface area contributed by atoms with Gasteiger partial charge in [0.05, 0.1) is 5.71 Å². The molecule has 0 heterocycles. The van der Waals surface area contributed by atoms with Gasteiger partial charge in [0.2, 0.25) is 0 Å². The lowest BCUT2D eigenvalue weighted by molar-refractivity contribution is -0.149. The van der Waals surface area contributed by atoms with Crippen molar-refractivity contribution in [3.63, 3.8) is 0 Å². The molecule has 138 valence electrons. The summed E-state index contributed by atoms with van der Waals surface area (Å²) < 4.78 is 18.1.